The fraction of sp³-hybridized carbons (Fsp3) is 1.00. The molecule has 2 unspecified atom stereocenters. The van der Waals surface area contributed by atoms with Crippen LogP contribution >= 0.6 is 0 Å². The van der Waals surface area contributed by atoms with Crippen molar-refractivity contribution in [3.05, 3.63) is 0 Å². The molecule has 0 amide bonds. The van der Waals surface area contributed by atoms with Gasteiger partial charge >= 0.3 is 0 Å². The van der Waals surface area contributed by atoms with E-state index in [1.807, 2.05) is 0 Å². The molecule has 0 radical (unpaired) electrons. The van der Waals surface area contributed by atoms with Crippen LogP contribution in [0, 0.1) is 17.3 Å². The molecule has 17 heavy (non-hydrogen) atoms. The molecule has 2 heteroatoms. The van der Waals surface area contributed by atoms with Crippen molar-refractivity contribution in [3.8, 4) is 0 Å². The monoisotopic (exact) mass is 239 g/mol. The quantitative estimate of drug-likeness (QED) is 0.624. The molecule has 0 aromatic rings. The summed E-state index contributed by atoms with van der Waals surface area (Å²) in [5.74, 6) is 2.18. The van der Waals surface area contributed by atoms with Crippen LogP contribution in [0.2, 0.25) is 0 Å². The van der Waals surface area contributed by atoms with Crippen molar-refractivity contribution in [3.63, 3.8) is 0 Å². The third kappa shape index (κ3) is 3.69. The van der Waals surface area contributed by atoms with Crippen molar-refractivity contribution in [2.45, 2.75) is 52.4 Å². The summed E-state index contributed by atoms with van der Waals surface area (Å²) in [5.41, 5.74) is 0.625. The second-order valence-electron chi connectivity index (χ2n) is 6.14. The first-order valence-corrected chi connectivity index (χ1v) is 7.58. The van der Waals surface area contributed by atoms with Crippen molar-refractivity contribution in [1.82, 2.24) is 5.32 Å². The van der Waals surface area contributed by atoms with Gasteiger partial charge in [0.2, 0.25) is 0 Å². The minimum atomic E-state index is 0.625. The molecule has 0 bridgehead atoms. The Labute approximate surface area is 107 Å². The van der Waals surface area contributed by atoms with E-state index in [0.29, 0.717) is 5.41 Å². The van der Waals surface area contributed by atoms with Crippen molar-refractivity contribution in [1.29, 1.82) is 0 Å². The van der Waals surface area contributed by atoms with E-state index in [1.165, 1.54) is 51.6 Å². The second-order valence-corrected chi connectivity index (χ2v) is 6.14. The molecule has 100 valence electrons. The lowest BCUT2D eigenvalue weighted by atomic mass is 9.78. The fourth-order valence-electron chi connectivity index (χ4n) is 3.67. The van der Waals surface area contributed by atoms with Gasteiger partial charge in [-0.05, 0) is 69.2 Å². The lowest BCUT2D eigenvalue weighted by Gasteiger charge is -2.31. The van der Waals surface area contributed by atoms with Gasteiger partial charge in [-0.1, -0.05) is 6.92 Å². The van der Waals surface area contributed by atoms with Gasteiger partial charge in [-0.15, -0.1) is 0 Å². The summed E-state index contributed by atoms with van der Waals surface area (Å²) in [6.45, 7) is 8.60. The number of hydrogen-bond acceptors (Lipinski definition) is 2. The molecule has 2 saturated carbocycles. The van der Waals surface area contributed by atoms with Crippen LogP contribution in [-0.4, -0.2) is 26.3 Å². The molecule has 2 nitrogen and oxygen atoms in total. The molecular weight excluding hydrogens is 210 g/mol. The van der Waals surface area contributed by atoms with Gasteiger partial charge in [-0.25, -0.2) is 0 Å². The Bertz CT molecular complexity index is 219. The summed E-state index contributed by atoms with van der Waals surface area (Å²) in [6.07, 6.45) is 8.38. The van der Waals surface area contributed by atoms with E-state index in [0.717, 1.165) is 25.0 Å². The van der Waals surface area contributed by atoms with Crippen molar-refractivity contribution >= 4 is 0 Å². The van der Waals surface area contributed by atoms with Crippen molar-refractivity contribution in [2.75, 3.05) is 26.3 Å². The Balaban J connectivity index is 1.72. The van der Waals surface area contributed by atoms with Gasteiger partial charge in [0.1, 0.15) is 0 Å². The van der Waals surface area contributed by atoms with E-state index in [1.54, 1.807) is 0 Å². The van der Waals surface area contributed by atoms with Crippen LogP contribution in [0.25, 0.3) is 0 Å². The van der Waals surface area contributed by atoms with E-state index < -0.39 is 0 Å². The number of hydrogen-bond donors (Lipinski definition) is 1. The average Bonchev–Trinajstić information content (AvgIpc) is 2.94. The van der Waals surface area contributed by atoms with Crippen LogP contribution in [0.15, 0.2) is 0 Å². The van der Waals surface area contributed by atoms with Crippen LogP contribution in [0.5, 0.6) is 0 Å². The lowest BCUT2D eigenvalue weighted by Crippen LogP contribution is -2.34. The van der Waals surface area contributed by atoms with Crippen molar-refractivity contribution in [2.24, 2.45) is 17.3 Å². The molecule has 0 spiro atoms. The topological polar surface area (TPSA) is 21.3 Å². The zero-order valence-corrected chi connectivity index (χ0v) is 11.6. The van der Waals surface area contributed by atoms with Gasteiger partial charge in [0, 0.05) is 19.8 Å². The molecule has 0 aromatic carbocycles. The number of nitrogens with one attached hydrogen (secondary N) is 1. The summed E-state index contributed by atoms with van der Waals surface area (Å²) in [4.78, 5) is 0. The maximum Gasteiger partial charge on any atom is 0.0466 e. The molecule has 2 aliphatic rings. The molecule has 2 atom stereocenters. The second kappa shape index (κ2) is 6.19. The maximum atomic E-state index is 5.48. The summed E-state index contributed by atoms with van der Waals surface area (Å²) in [5, 5.41) is 3.66. The van der Waals surface area contributed by atoms with E-state index in [2.05, 4.69) is 19.2 Å². The van der Waals surface area contributed by atoms with Gasteiger partial charge in [-0.2, -0.15) is 0 Å². The summed E-state index contributed by atoms with van der Waals surface area (Å²) < 4.78 is 5.48. The zero-order chi connectivity index (χ0) is 12.1. The molecule has 0 aliphatic heterocycles. The third-order valence-corrected chi connectivity index (χ3v) is 4.59. The van der Waals surface area contributed by atoms with Crippen molar-refractivity contribution < 1.29 is 4.74 Å². The maximum absolute atomic E-state index is 5.48. The highest BCUT2D eigenvalue weighted by molar-refractivity contribution is 5.03. The van der Waals surface area contributed by atoms with Crippen LogP contribution in [0.3, 0.4) is 0 Å². The Morgan fingerprint density at radius 3 is 2.65 bits per heavy atom. The van der Waals surface area contributed by atoms with Crippen LogP contribution in [-0.2, 0) is 4.74 Å². The first kappa shape index (κ1) is 13.4. The highest BCUT2D eigenvalue weighted by Crippen LogP contribution is 2.61. The molecular formula is C15H29NO. The van der Waals surface area contributed by atoms with E-state index in [-0.39, 0.29) is 0 Å². The first-order valence-electron chi connectivity index (χ1n) is 7.58. The van der Waals surface area contributed by atoms with E-state index in [9.17, 15) is 0 Å². The predicted octanol–water partition coefficient (Wildman–Crippen LogP) is 3.22. The van der Waals surface area contributed by atoms with Gasteiger partial charge < -0.3 is 10.1 Å². The highest BCUT2D eigenvalue weighted by atomic mass is 16.5. The van der Waals surface area contributed by atoms with Gasteiger partial charge in [-0.3, -0.25) is 0 Å². The lowest BCUT2D eigenvalue weighted by molar-refractivity contribution is 0.123. The largest absolute Gasteiger partial charge is 0.382 e. The molecule has 0 saturated heterocycles. The minimum absolute atomic E-state index is 0.625. The third-order valence-electron chi connectivity index (χ3n) is 4.59. The highest BCUT2D eigenvalue weighted by Gasteiger charge is 2.52. The number of rotatable bonds is 9. The Morgan fingerprint density at radius 2 is 2.00 bits per heavy atom. The fourth-order valence-corrected chi connectivity index (χ4v) is 3.67. The average molecular weight is 239 g/mol. The van der Waals surface area contributed by atoms with E-state index >= 15 is 0 Å². The first-order chi connectivity index (χ1) is 8.29. The minimum Gasteiger partial charge on any atom is -0.382 e. The summed E-state index contributed by atoms with van der Waals surface area (Å²) >= 11 is 0. The summed E-state index contributed by atoms with van der Waals surface area (Å²) in [6, 6.07) is 0. The predicted molar refractivity (Wildman–Crippen MR) is 72.2 cm³/mol. The van der Waals surface area contributed by atoms with Crippen LogP contribution in [0.4, 0.5) is 0 Å². The van der Waals surface area contributed by atoms with E-state index in [4.69, 9.17) is 4.74 Å². The summed E-state index contributed by atoms with van der Waals surface area (Å²) in [7, 11) is 0. The molecule has 0 heterocycles. The molecule has 2 rings (SSSR count). The SMILES string of the molecule is CCCNCC1(CCCOCC)CC2CC2C1. The van der Waals surface area contributed by atoms with Crippen LogP contribution < -0.4 is 5.32 Å². The molecule has 2 fully saturated rings. The normalized spacial score (nSPS) is 34.9. The Hall–Kier alpha value is -0.0800. The van der Waals surface area contributed by atoms with Gasteiger partial charge in [0.05, 0.1) is 0 Å². The van der Waals surface area contributed by atoms with Crippen LogP contribution in [0.1, 0.15) is 52.4 Å². The zero-order valence-electron chi connectivity index (χ0n) is 11.6. The number of fused-ring (bicyclic) bond motifs is 1. The van der Waals surface area contributed by atoms with Gasteiger partial charge in [0.15, 0.2) is 0 Å². The Morgan fingerprint density at radius 1 is 1.24 bits per heavy atom. The molecule has 2 aliphatic carbocycles. The molecule has 1 N–H and O–H groups in total. The van der Waals surface area contributed by atoms with Gasteiger partial charge in [0.25, 0.3) is 0 Å². The Kier molecular flexibility index (Phi) is 4.87. The smallest absolute Gasteiger partial charge is 0.0466 e. The standard InChI is InChI=1S/C15H29NO/c1-3-7-16-12-15(6-5-8-17-4-2)10-13-9-14(13)11-15/h13-14,16H,3-12H2,1-2H3. The number of ether oxygens (including phenoxy) is 1. The molecule has 0 aromatic heterocycles.